The van der Waals surface area contributed by atoms with Gasteiger partial charge < -0.3 is 19.2 Å². The Labute approximate surface area is 200 Å². The van der Waals surface area contributed by atoms with Crippen molar-refractivity contribution >= 4 is 29.3 Å². The second-order valence-corrected chi connectivity index (χ2v) is 8.43. The maximum Gasteiger partial charge on any atom is 0.266 e. The molecule has 0 fully saturated rings. The second-order valence-electron chi connectivity index (χ2n) is 7.35. The van der Waals surface area contributed by atoms with Crippen LogP contribution < -0.4 is 29.0 Å². The summed E-state index contributed by atoms with van der Waals surface area (Å²) in [7, 11) is 3.15. The van der Waals surface area contributed by atoms with Gasteiger partial charge in [0.25, 0.3) is 5.56 Å². The van der Waals surface area contributed by atoms with Gasteiger partial charge in [-0.15, -0.1) is 11.3 Å². The molecule has 1 heterocycles. The molecule has 0 aliphatic heterocycles. The molecule has 6 nitrogen and oxygen atoms in total. The number of ether oxygens (including phenoxy) is 3. The number of methoxy groups -OCH3 is 2. The van der Waals surface area contributed by atoms with E-state index in [1.54, 1.807) is 50.6 Å². The van der Waals surface area contributed by atoms with E-state index < -0.39 is 0 Å². The second kappa shape index (κ2) is 10.7. The number of H-pyrrole nitrogens is 1. The summed E-state index contributed by atoms with van der Waals surface area (Å²) in [6.07, 6.45) is 3.18. The first kappa shape index (κ1) is 23.1. The molecule has 0 aliphatic carbocycles. The molecule has 0 saturated heterocycles. The van der Waals surface area contributed by atoms with Gasteiger partial charge in [0.1, 0.15) is 12.4 Å². The number of aromatic nitrogens is 1. The summed E-state index contributed by atoms with van der Waals surface area (Å²) in [4.78, 5) is 27.8. The third-order valence-electron chi connectivity index (χ3n) is 5.04. The fraction of sp³-hybridized carbons (Fsp3) is 0.111. The van der Waals surface area contributed by atoms with Crippen LogP contribution in [0, 0.1) is 0 Å². The number of ketones is 1. The molecule has 0 bridgehead atoms. The van der Waals surface area contributed by atoms with Crippen LogP contribution in [0.5, 0.6) is 17.2 Å². The molecule has 172 valence electrons. The van der Waals surface area contributed by atoms with Gasteiger partial charge in [-0.2, -0.15) is 0 Å². The normalized spacial score (nSPS) is 11.9. The smallest absolute Gasteiger partial charge is 0.266 e. The number of benzene rings is 3. The standard InChI is InChI=1S/C27H23NO5S/c1-31-21-11-9-20(10-12-21)22(29)16-26-28-27(30)25(34-26)15-19-8-13-23(32-2)24(14-19)33-17-18-6-4-3-5-7-18/h3-16H,17H2,1-2H3,(H,28,30). The van der Waals surface area contributed by atoms with E-state index in [0.717, 1.165) is 11.1 Å². The summed E-state index contributed by atoms with van der Waals surface area (Å²) in [5, 5.41) is 0. The lowest BCUT2D eigenvalue weighted by atomic mass is 10.1. The lowest BCUT2D eigenvalue weighted by molar-refractivity contribution is 0.106. The van der Waals surface area contributed by atoms with Crippen LogP contribution in [0.2, 0.25) is 0 Å². The first-order chi connectivity index (χ1) is 16.6. The number of carbonyl (C=O) groups is 1. The van der Waals surface area contributed by atoms with Crippen LogP contribution in [-0.2, 0) is 6.61 Å². The Morgan fingerprint density at radius 2 is 1.71 bits per heavy atom. The van der Waals surface area contributed by atoms with Gasteiger partial charge in [0.05, 0.1) is 23.4 Å². The number of Topliss-reactive ketones (excluding diaryl/α,β-unsaturated/α-hetero) is 1. The van der Waals surface area contributed by atoms with Crippen molar-refractivity contribution < 1.29 is 19.0 Å². The number of aromatic amines is 1. The molecule has 0 aliphatic rings. The lowest BCUT2D eigenvalue weighted by Crippen LogP contribution is -2.20. The van der Waals surface area contributed by atoms with Crippen LogP contribution in [-0.4, -0.2) is 25.0 Å². The number of hydrogen-bond acceptors (Lipinski definition) is 6. The van der Waals surface area contributed by atoms with Gasteiger partial charge in [0.2, 0.25) is 0 Å². The Hall–Kier alpha value is -4.10. The molecular weight excluding hydrogens is 450 g/mol. The van der Waals surface area contributed by atoms with Gasteiger partial charge in [-0.1, -0.05) is 36.4 Å². The van der Waals surface area contributed by atoms with Gasteiger partial charge in [0.15, 0.2) is 17.3 Å². The number of thiazole rings is 1. The predicted molar refractivity (Wildman–Crippen MR) is 133 cm³/mol. The molecule has 0 radical (unpaired) electrons. The first-order valence-corrected chi connectivity index (χ1v) is 11.3. The number of rotatable bonds is 8. The molecule has 1 N–H and O–H groups in total. The van der Waals surface area contributed by atoms with E-state index in [-0.39, 0.29) is 11.3 Å². The van der Waals surface area contributed by atoms with E-state index in [1.807, 2.05) is 42.5 Å². The summed E-state index contributed by atoms with van der Waals surface area (Å²) >= 11 is 1.21. The summed E-state index contributed by atoms with van der Waals surface area (Å²) < 4.78 is 17.4. The van der Waals surface area contributed by atoms with Gasteiger partial charge in [-0.3, -0.25) is 9.59 Å². The summed E-state index contributed by atoms with van der Waals surface area (Å²) in [5.41, 5.74) is 2.07. The van der Waals surface area contributed by atoms with Crippen LogP contribution in [0.4, 0.5) is 0 Å². The third kappa shape index (κ3) is 5.63. The Kier molecular flexibility index (Phi) is 7.25. The summed E-state index contributed by atoms with van der Waals surface area (Å²) in [5.74, 6) is 1.65. The van der Waals surface area contributed by atoms with Crippen molar-refractivity contribution in [3.05, 3.63) is 109 Å². The zero-order chi connectivity index (χ0) is 23.9. The quantitative estimate of drug-likeness (QED) is 0.396. The molecule has 3 aromatic carbocycles. The van der Waals surface area contributed by atoms with E-state index >= 15 is 0 Å². The zero-order valence-corrected chi connectivity index (χ0v) is 19.6. The molecule has 4 aromatic rings. The van der Waals surface area contributed by atoms with Crippen molar-refractivity contribution in [3.63, 3.8) is 0 Å². The van der Waals surface area contributed by atoms with Crippen LogP contribution in [0.1, 0.15) is 21.5 Å². The largest absolute Gasteiger partial charge is 0.497 e. The molecule has 0 atom stereocenters. The van der Waals surface area contributed by atoms with E-state index in [1.165, 1.54) is 17.4 Å². The Morgan fingerprint density at radius 1 is 0.941 bits per heavy atom. The molecule has 0 spiro atoms. The highest BCUT2D eigenvalue weighted by molar-refractivity contribution is 7.07. The maximum atomic E-state index is 12.5. The topological polar surface area (TPSA) is 77.6 Å². The highest BCUT2D eigenvalue weighted by Crippen LogP contribution is 2.29. The highest BCUT2D eigenvalue weighted by Gasteiger charge is 2.07. The lowest BCUT2D eigenvalue weighted by Gasteiger charge is -2.11. The van der Waals surface area contributed by atoms with Crippen molar-refractivity contribution in [2.45, 2.75) is 6.61 Å². The molecule has 0 amide bonds. The minimum atomic E-state index is -0.263. The molecule has 0 unspecified atom stereocenters. The van der Waals surface area contributed by atoms with Crippen molar-refractivity contribution in [3.8, 4) is 17.2 Å². The molecule has 1 aromatic heterocycles. The molecule has 34 heavy (non-hydrogen) atoms. The van der Waals surface area contributed by atoms with Crippen molar-refractivity contribution in [1.29, 1.82) is 0 Å². The number of nitrogens with one attached hydrogen (secondary N) is 1. The van der Waals surface area contributed by atoms with Gasteiger partial charge in [-0.25, -0.2) is 0 Å². The van der Waals surface area contributed by atoms with Crippen LogP contribution in [0.25, 0.3) is 12.2 Å². The summed E-state index contributed by atoms with van der Waals surface area (Å²) in [6, 6.07) is 22.1. The van der Waals surface area contributed by atoms with Gasteiger partial charge in [0, 0.05) is 11.6 Å². The number of hydrogen-bond donors (Lipinski definition) is 1. The SMILES string of the molecule is COc1ccc(C(=O)C=c2[nH]c(=O)c(=Cc3ccc(OC)c(OCc4ccccc4)c3)s2)cc1. The minimum Gasteiger partial charge on any atom is -0.497 e. The van der Waals surface area contributed by atoms with E-state index in [4.69, 9.17) is 14.2 Å². The fourth-order valence-electron chi connectivity index (χ4n) is 3.26. The minimum absolute atomic E-state index is 0.201. The third-order valence-corrected chi connectivity index (χ3v) is 6.00. The molecule has 7 heteroatoms. The van der Waals surface area contributed by atoms with Crippen LogP contribution in [0.3, 0.4) is 0 Å². The van der Waals surface area contributed by atoms with Crippen LogP contribution >= 0.6 is 11.3 Å². The van der Waals surface area contributed by atoms with Crippen LogP contribution in [0.15, 0.2) is 77.6 Å². The average molecular weight is 474 g/mol. The van der Waals surface area contributed by atoms with Crippen molar-refractivity contribution in [2.24, 2.45) is 0 Å². The van der Waals surface area contributed by atoms with E-state index in [0.29, 0.717) is 38.6 Å². The van der Waals surface area contributed by atoms with E-state index in [2.05, 4.69) is 4.98 Å². The Bertz CT molecular complexity index is 1450. The average Bonchev–Trinajstić information content (AvgIpc) is 3.21. The van der Waals surface area contributed by atoms with Gasteiger partial charge >= 0.3 is 0 Å². The number of carbonyl (C=O) groups excluding carboxylic acids is 1. The molecule has 0 saturated carbocycles. The Balaban J connectivity index is 1.59. The Morgan fingerprint density at radius 3 is 2.41 bits per heavy atom. The van der Waals surface area contributed by atoms with Gasteiger partial charge in [-0.05, 0) is 53.6 Å². The van der Waals surface area contributed by atoms with Crippen molar-refractivity contribution in [1.82, 2.24) is 4.98 Å². The summed E-state index contributed by atoms with van der Waals surface area (Å²) in [6.45, 7) is 0.396. The zero-order valence-electron chi connectivity index (χ0n) is 18.7. The fourth-order valence-corrected chi connectivity index (χ4v) is 4.15. The monoisotopic (exact) mass is 473 g/mol. The van der Waals surface area contributed by atoms with Crippen molar-refractivity contribution in [2.75, 3.05) is 14.2 Å². The maximum absolute atomic E-state index is 12.5. The molecule has 4 rings (SSSR count). The highest BCUT2D eigenvalue weighted by atomic mass is 32.1. The molecular formula is C27H23NO5S. The predicted octanol–water partition coefficient (Wildman–Crippen LogP) is 3.52. The van der Waals surface area contributed by atoms with E-state index in [9.17, 15) is 9.59 Å². The first-order valence-electron chi connectivity index (χ1n) is 10.5.